The minimum atomic E-state index is 0.0937. The third-order valence-corrected chi connectivity index (χ3v) is 4.52. The lowest BCUT2D eigenvalue weighted by molar-refractivity contribution is 0.816. The highest BCUT2D eigenvalue weighted by atomic mass is 15.0. The van der Waals surface area contributed by atoms with Crippen molar-refractivity contribution in [1.82, 2.24) is 15.0 Å². The largest absolute Gasteiger partial charge is 0.212 e. The lowest BCUT2D eigenvalue weighted by atomic mass is 10.1. The minimum absolute atomic E-state index is 0.0937. The van der Waals surface area contributed by atoms with Crippen molar-refractivity contribution < 1.29 is 0 Å². The van der Waals surface area contributed by atoms with Crippen LogP contribution in [0.2, 0.25) is 0 Å². The van der Waals surface area contributed by atoms with Crippen LogP contribution in [0.4, 0.5) is 0 Å². The van der Waals surface area contributed by atoms with E-state index in [-0.39, 0.29) is 5.92 Å². The van der Waals surface area contributed by atoms with Crippen LogP contribution in [0.1, 0.15) is 69.2 Å². The van der Waals surface area contributed by atoms with Crippen LogP contribution in [-0.4, -0.2) is 15.0 Å². The van der Waals surface area contributed by atoms with Gasteiger partial charge in [0.1, 0.15) is 5.82 Å². The van der Waals surface area contributed by atoms with E-state index < -0.39 is 0 Å². The lowest BCUT2D eigenvalue weighted by Gasteiger charge is -2.12. The van der Waals surface area contributed by atoms with Crippen molar-refractivity contribution in [2.75, 3.05) is 0 Å². The van der Waals surface area contributed by atoms with Crippen LogP contribution in [0.15, 0.2) is 60.7 Å². The number of aryl methyl sites for hydroxylation is 2. The van der Waals surface area contributed by atoms with Gasteiger partial charge in [-0.25, -0.2) is 15.0 Å². The molecule has 2 rings (SSSR count). The second kappa shape index (κ2) is 11.3. The summed E-state index contributed by atoms with van der Waals surface area (Å²) in [6.45, 7) is 12.6. The van der Waals surface area contributed by atoms with Crippen LogP contribution in [0.5, 0.6) is 0 Å². The molecule has 0 amide bonds. The number of benzene rings is 1. The van der Waals surface area contributed by atoms with Gasteiger partial charge in [-0.2, -0.15) is 0 Å². The quantitative estimate of drug-likeness (QED) is 0.451. The molecule has 3 heteroatoms. The van der Waals surface area contributed by atoms with Crippen molar-refractivity contribution in [1.29, 1.82) is 0 Å². The molecule has 1 aromatic carbocycles. The van der Waals surface area contributed by atoms with Crippen molar-refractivity contribution in [2.45, 2.75) is 60.3 Å². The lowest BCUT2D eigenvalue weighted by Crippen LogP contribution is -2.07. The third-order valence-electron chi connectivity index (χ3n) is 4.52. The maximum Gasteiger partial charge on any atom is 0.163 e. The SMILES string of the molecule is C/C=C(\C=C/CC)c1nc(-c2cc(C)cc(C)c2)nc(C(C)/C=C\C=C/CC)n1. The Bertz CT molecular complexity index is 913. The Labute approximate surface area is 176 Å². The van der Waals surface area contributed by atoms with Gasteiger partial charge in [0, 0.05) is 17.1 Å². The van der Waals surface area contributed by atoms with Crippen molar-refractivity contribution >= 4 is 5.57 Å². The molecule has 0 fully saturated rings. The van der Waals surface area contributed by atoms with Crippen molar-refractivity contribution in [3.8, 4) is 11.4 Å². The summed E-state index contributed by atoms with van der Waals surface area (Å²) >= 11 is 0. The number of hydrogen-bond acceptors (Lipinski definition) is 3. The second-order valence-electron chi connectivity index (χ2n) is 7.28. The summed E-state index contributed by atoms with van der Waals surface area (Å²) in [5.41, 5.74) is 4.46. The fourth-order valence-electron chi connectivity index (χ4n) is 3.03. The molecular weight excluding hydrogens is 354 g/mol. The summed E-state index contributed by atoms with van der Waals surface area (Å²) in [7, 11) is 0. The summed E-state index contributed by atoms with van der Waals surface area (Å²) in [4.78, 5) is 14.5. The van der Waals surface area contributed by atoms with E-state index in [1.807, 2.05) is 6.92 Å². The topological polar surface area (TPSA) is 38.7 Å². The zero-order chi connectivity index (χ0) is 21.2. The second-order valence-corrected chi connectivity index (χ2v) is 7.28. The first-order chi connectivity index (χ1) is 14.0. The highest BCUT2D eigenvalue weighted by molar-refractivity contribution is 5.70. The Hall–Kier alpha value is -2.81. The van der Waals surface area contributed by atoms with E-state index in [0.717, 1.165) is 41.5 Å². The van der Waals surface area contributed by atoms with E-state index in [1.54, 1.807) is 0 Å². The van der Waals surface area contributed by atoms with Crippen LogP contribution in [0.3, 0.4) is 0 Å². The van der Waals surface area contributed by atoms with Gasteiger partial charge in [-0.1, -0.05) is 80.5 Å². The first kappa shape index (κ1) is 22.5. The summed E-state index contributed by atoms with van der Waals surface area (Å²) < 4.78 is 0. The van der Waals surface area contributed by atoms with Crippen LogP contribution in [0, 0.1) is 13.8 Å². The molecule has 0 saturated carbocycles. The summed E-state index contributed by atoms with van der Waals surface area (Å²) in [6.07, 6.45) is 16.7. The fraction of sp³-hybridized carbons (Fsp3) is 0.346. The number of allylic oxidation sites excluding steroid dienone is 8. The van der Waals surface area contributed by atoms with Gasteiger partial charge in [-0.05, 0) is 45.7 Å². The Kier molecular flexibility index (Phi) is 8.72. The molecule has 3 nitrogen and oxygen atoms in total. The molecule has 0 spiro atoms. The first-order valence-corrected chi connectivity index (χ1v) is 10.5. The Balaban J connectivity index is 2.58. The summed E-state index contributed by atoms with van der Waals surface area (Å²) in [5.74, 6) is 2.33. The van der Waals surface area contributed by atoms with E-state index >= 15 is 0 Å². The number of hydrogen-bond donors (Lipinski definition) is 0. The highest BCUT2D eigenvalue weighted by Crippen LogP contribution is 2.24. The van der Waals surface area contributed by atoms with Gasteiger partial charge in [-0.3, -0.25) is 0 Å². The number of rotatable bonds is 8. The molecular formula is C26H33N3. The maximum atomic E-state index is 4.83. The molecule has 29 heavy (non-hydrogen) atoms. The molecule has 1 aromatic heterocycles. The molecule has 0 bridgehead atoms. The zero-order valence-electron chi connectivity index (χ0n) is 18.6. The zero-order valence-corrected chi connectivity index (χ0v) is 18.6. The highest BCUT2D eigenvalue weighted by Gasteiger charge is 2.14. The standard InChI is InChI=1S/C26H33N3/c1-7-10-12-13-14-21(6)24-27-25(22(9-3)15-11-8-2)29-26(28-24)23-17-19(4)16-20(5)18-23/h9-18,21H,7-8H2,1-6H3/b12-10-,14-13-,15-11-,22-9+. The number of aromatic nitrogens is 3. The molecule has 0 aliphatic rings. The molecule has 0 N–H and O–H groups in total. The van der Waals surface area contributed by atoms with Gasteiger partial charge < -0.3 is 0 Å². The summed E-state index contributed by atoms with van der Waals surface area (Å²) in [5, 5.41) is 0. The minimum Gasteiger partial charge on any atom is -0.212 e. The van der Waals surface area contributed by atoms with Crippen LogP contribution >= 0.6 is 0 Å². The predicted molar refractivity (Wildman–Crippen MR) is 125 cm³/mol. The van der Waals surface area contributed by atoms with E-state index in [4.69, 9.17) is 15.0 Å². The van der Waals surface area contributed by atoms with Gasteiger partial charge in [0.05, 0.1) is 0 Å². The monoisotopic (exact) mass is 387 g/mol. The molecule has 0 saturated heterocycles. The van der Waals surface area contributed by atoms with E-state index in [1.165, 1.54) is 11.1 Å². The first-order valence-electron chi connectivity index (χ1n) is 10.5. The van der Waals surface area contributed by atoms with Crippen molar-refractivity contribution in [3.63, 3.8) is 0 Å². The van der Waals surface area contributed by atoms with Gasteiger partial charge in [-0.15, -0.1) is 0 Å². The Morgan fingerprint density at radius 2 is 1.62 bits per heavy atom. The molecule has 1 atom stereocenters. The third kappa shape index (κ3) is 6.63. The van der Waals surface area contributed by atoms with Crippen LogP contribution < -0.4 is 0 Å². The predicted octanol–water partition coefficient (Wildman–Crippen LogP) is 7.15. The average molecular weight is 388 g/mol. The van der Waals surface area contributed by atoms with Crippen molar-refractivity contribution in [2.24, 2.45) is 0 Å². The Morgan fingerprint density at radius 1 is 0.931 bits per heavy atom. The molecule has 0 aliphatic heterocycles. The van der Waals surface area contributed by atoms with E-state index in [2.05, 4.69) is 95.3 Å². The molecule has 0 radical (unpaired) electrons. The smallest absolute Gasteiger partial charge is 0.163 e. The van der Waals surface area contributed by atoms with Crippen LogP contribution in [0.25, 0.3) is 17.0 Å². The van der Waals surface area contributed by atoms with Crippen molar-refractivity contribution in [3.05, 3.63) is 83.5 Å². The molecule has 1 heterocycles. The van der Waals surface area contributed by atoms with Gasteiger partial charge in [0.2, 0.25) is 0 Å². The number of nitrogens with zero attached hydrogens (tertiary/aromatic N) is 3. The molecule has 152 valence electrons. The molecule has 0 aliphatic carbocycles. The van der Waals surface area contributed by atoms with Gasteiger partial charge in [0.15, 0.2) is 11.6 Å². The summed E-state index contributed by atoms with van der Waals surface area (Å²) in [6, 6.07) is 6.44. The Morgan fingerprint density at radius 3 is 2.24 bits per heavy atom. The van der Waals surface area contributed by atoms with Gasteiger partial charge >= 0.3 is 0 Å². The van der Waals surface area contributed by atoms with E-state index in [0.29, 0.717) is 0 Å². The fourth-order valence-corrected chi connectivity index (χ4v) is 3.03. The molecule has 2 aromatic rings. The maximum absolute atomic E-state index is 4.83. The van der Waals surface area contributed by atoms with Gasteiger partial charge in [0.25, 0.3) is 0 Å². The molecule has 1 unspecified atom stereocenters. The normalized spacial score (nSPS) is 13.8. The average Bonchev–Trinajstić information content (AvgIpc) is 2.70. The van der Waals surface area contributed by atoms with Crippen LogP contribution in [-0.2, 0) is 0 Å². The van der Waals surface area contributed by atoms with E-state index in [9.17, 15) is 0 Å².